The minimum absolute atomic E-state index is 0.0462. The topological polar surface area (TPSA) is 58.6 Å². The molecule has 10 heteroatoms. The lowest BCUT2D eigenvalue weighted by Gasteiger charge is -2.40. The predicted molar refractivity (Wildman–Crippen MR) is 100 cm³/mol. The first-order valence-electron chi connectivity index (χ1n) is 8.50. The van der Waals surface area contributed by atoms with Crippen LogP contribution in [0.2, 0.25) is 0 Å². The summed E-state index contributed by atoms with van der Waals surface area (Å²) in [7, 11) is -9.77. The van der Waals surface area contributed by atoms with E-state index in [0.717, 1.165) is 18.2 Å². The van der Waals surface area contributed by atoms with Gasteiger partial charge in [0.1, 0.15) is 10.6 Å². The van der Waals surface area contributed by atoms with E-state index < -0.39 is 21.0 Å². The number of fused-ring (bicyclic) bond motifs is 1. The summed E-state index contributed by atoms with van der Waals surface area (Å²) in [6.07, 6.45) is 1.54. The largest absolute Gasteiger partial charge is 0.492 e. The van der Waals surface area contributed by atoms with Gasteiger partial charge in [0.15, 0.2) is 0 Å². The van der Waals surface area contributed by atoms with Gasteiger partial charge in [0.2, 0.25) is 5.91 Å². The van der Waals surface area contributed by atoms with Gasteiger partial charge in [-0.05, 0) is 41.0 Å². The molecule has 2 aromatic carbocycles. The van der Waals surface area contributed by atoms with Crippen molar-refractivity contribution in [2.45, 2.75) is 24.5 Å². The van der Waals surface area contributed by atoms with Crippen molar-refractivity contribution in [1.82, 2.24) is 5.32 Å². The van der Waals surface area contributed by atoms with Gasteiger partial charge in [-0.25, -0.2) is 0 Å². The SMILES string of the molecule is C=CC(=O)NCc1cc(-c2ccc(S(F)(F)(F)(F)F)cc2)c2c(c1CO)CCO2. The fraction of sp³-hybridized carbons (Fsp3) is 0.211. The highest BCUT2D eigenvalue weighted by Gasteiger charge is 2.65. The van der Waals surface area contributed by atoms with Crippen LogP contribution < -0.4 is 10.1 Å². The zero-order valence-corrected chi connectivity index (χ0v) is 15.9. The molecule has 1 amide bonds. The molecule has 1 aliphatic heterocycles. The van der Waals surface area contributed by atoms with Crippen LogP contribution in [0.3, 0.4) is 0 Å². The third kappa shape index (κ3) is 4.38. The Bertz CT molecular complexity index is 989. The Morgan fingerprint density at radius 2 is 1.86 bits per heavy atom. The lowest BCUT2D eigenvalue weighted by molar-refractivity contribution is -0.116. The Kier molecular flexibility index (Phi) is 4.71. The molecule has 3 rings (SSSR count). The van der Waals surface area contributed by atoms with E-state index in [-0.39, 0.29) is 18.7 Å². The normalized spacial score (nSPS) is 15.7. The van der Waals surface area contributed by atoms with Gasteiger partial charge in [0.05, 0.1) is 13.2 Å². The zero-order valence-electron chi connectivity index (χ0n) is 15.1. The summed E-state index contributed by atoms with van der Waals surface area (Å²) in [5.74, 6) is -0.0552. The van der Waals surface area contributed by atoms with Gasteiger partial charge in [0, 0.05) is 24.1 Å². The van der Waals surface area contributed by atoms with Crippen LogP contribution in [0.1, 0.15) is 16.7 Å². The number of benzene rings is 2. The Hall–Kier alpha value is -2.59. The summed E-state index contributed by atoms with van der Waals surface area (Å²) in [5.41, 5.74) is 2.40. The van der Waals surface area contributed by atoms with E-state index >= 15 is 0 Å². The molecule has 158 valence electrons. The van der Waals surface area contributed by atoms with Crippen molar-refractivity contribution in [3.63, 3.8) is 0 Å². The molecule has 0 unspecified atom stereocenters. The van der Waals surface area contributed by atoms with Gasteiger partial charge in [-0.15, -0.1) is 0 Å². The average molecular weight is 435 g/mol. The van der Waals surface area contributed by atoms with Crippen LogP contribution in [0.4, 0.5) is 19.4 Å². The second kappa shape index (κ2) is 6.46. The first-order valence-corrected chi connectivity index (χ1v) is 10.4. The maximum atomic E-state index is 13.0. The summed E-state index contributed by atoms with van der Waals surface area (Å²) in [6, 6.07) is 4.16. The molecule has 29 heavy (non-hydrogen) atoms. The Morgan fingerprint density at radius 1 is 1.21 bits per heavy atom. The number of aliphatic hydroxyl groups excluding tert-OH is 1. The minimum Gasteiger partial charge on any atom is -0.492 e. The first kappa shape index (κ1) is 21.1. The summed E-state index contributed by atoms with van der Waals surface area (Å²) in [5, 5.41) is 12.3. The standard InChI is InChI=1S/C19H18F5NO3S/c1-2-18(27)25-10-13-9-16(19-15(7-8-28-19)17(13)11-26)12-3-5-14(6-4-12)29(20,21,22,23)24/h2-6,9,26H,1,7-8,10-11H2,(H,25,27). The Balaban J connectivity index is 2.09. The van der Waals surface area contributed by atoms with Crippen LogP contribution in [-0.2, 0) is 24.4 Å². The van der Waals surface area contributed by atoms with Crippen molar-refractivity contribution in [1.29, 1.82) is 0 Å². The molecule has 2 N–H and O–H groups in total. The number of rotatable bonds is 6. The van der Waals surface area contributed by atoms with E-state index in [9.17, 15) is 29.3 Å². The number of halogens is 5. The van der Waals surface area contributed by atoms with Crippen LogP contribution in [-0.4, -0.2) is 17.6 Å². The highest BCUT2D eigenvalue weighted by molar-refractivity contribution is 8.45. The van der Waals surface area contributed by atoms with Gasteiger partial charge in [-0.1, -0.05) is 38.1 Å². The molecule has 2 aromatic rings. The van der Waals surface area contributed by atoms with E-state index in [1.54, 1.807) is 6.07 Å². The first-order chi connectivity index (χ1) is 13.3. The van der Waals surface area contributed by atoms with Crippen LogP contribution >= 0.6 is 10.2 Å². The maximum absolute atomic E-state index is 13.0. The molecular formula is C19H18F5NO3S. The maximum Gasteiger partial charge on any atom is 0.310 e. The fourth-order valence-electron chi connectivity index (χ4n) is 3.22. The summed E-state index contributed by atoms with van der Waals surface area (Å²) in [6.45, 7) is 3.37. The van der Waals surface area contributed by atoms with Gasteiger partial charge in [-0.2, -0.15) is 0 Å². The molecule has 0 fully saturated rings. The van der Waals surface area contributed by atoms with Crippen molar-refractivity contribution in [3.05, 3.63) is 59.7 Å². The van der Waals surface area contributed by atoms with Gasteiger partial charge >= 0.3 is 10.2 Å². The van der Waals surface area contributed by atoms with Crippen molar-refractivity contribution in [2.24, 2.45) is 0 Å². The van der Waals surface area contributed by atoms with Crippen molar-refractivity contribution in [3.8, 4) is 16.9 Å². The monoisotopic (exact) mass is 435 g/mol. The molecule has 0 spiro atoms. The average Bonchev–Trinajstić information content (AvgIpc) is 3.13. The molecule has 0 atom stereocenters. The van der Waals surface area contributed by atoms with Crippen molar-refractivity contribution in [2.75, 3.05) is 6.61 Å². The fourth-order valence-corrected chi connectivity index (χ4v) is 3.87. The third-order valence-corrected chi connectivity index (χ3v) is 5.76. The van der Waals surface area contributed by atoms with E-state index in [2.05, 4.69) is 11.9 Å². The zero-order chi connectivity index (χ0) is 21.5. The van der Waals surface area contributed by atoms with Crippen LogP contribution in [0.15, 0.2) is 47.9 Å². The number of ether oxygens (including phenoxy) is 1. The Morgan fingerprint density at radius 3 is 2.41 bits per heavy atom. The number of nitrogens with one attached hydrogen (secondary N) is 1. The van der Waals surface area contributed by atoms with Crippen LogP contribution in [0, 0.1) is 0 Å². The molecule has 1 aliphatic rings. The predicted octanol–water partition coefficient (Wildman–Crippen LogP) is 5.24. The van der Waals surface area contributed by atoms with Gasteiger partial charge in [0.25, 0.3) is 0 Å². The summed E-state index contributed by atoms with van der Waals surface area (Å²) < 4.78 is 70.5. The van der Waals surface area contributed by atoms with Crippen molar-refractivity contribution < 1.29 is 34.1 Å². The molecule has 0 saturated carbocycles. The smallest absolute Gasteiger partial charge is 0.310 e. The van der Waals surface area contributed by atoms with Crippen LogP contribution in [0.25, 0.3) is 11.1 Å². The van der Waals surface area contributed by atoms with E-state index in [1.807, 2.05) is 0 Å². The molecule has 4 nitrogen and oxygen atoms in total. The molecule has 0 aliphatic carbocycles. The third-order valence-electron chi connectivity index (χ3n) is 4.59. The molecule has 0 saturated heterocycles. The highest BCUT2D eigenvalue weighted by Crippen LogP contribution is 3.02. The molecule has 0 bridgehead atoms. The summed E-state index contributed by atoms with van der Waals surface area (Å²) >= 11 is 0. The van der Waals surface area contributed by atoms with E-state index in [1.165, 1.54) is 0 Å². The number of aliphatic hydroxyl groups is 1. The quantitative estimate of drug-likeness (QED) is 0.482. The number of carbonyl (C=O) groups is 1. The molecular weight excluding hydrogens is 417 g/mol. The minimum atomic E-state index is -9.77. The lowest BCUT2D eigenvalue weighted by Crippen LogP contribution is -2.21. The number of hydrogen-bond donors (Lipinski definition) is 2. The molecule has 0 aromatic heterocycles. The van der Waals surface area contributed by atoms with Gasteiger partial charge in [-0.3, -0.25) is 4.79 Å². The lowest BCUT2D eigenvalue weighted by atomic mass is 9.92. The molecule has 1 heterocycles. The van der Waals surface area contributed by atoms with E-state index in [4.69, 9.17) is 4.74 Å². The highest BCUT2D eigenvalue weighted by atomic mass is 32.5. The second-order valence-corrected chi connectivity index (χ2v) is 8.95. The Labute approximate surface area is 163 Å². The van der Waals surface area contributed by atoms with Crippen LogP contribution in [0.5, 0.6) is 5.75 Å². The number of amides is 1. The second-order valence-electron chi connectivity index (χ2n) is 6.54. The van der Waals surface area contributed by atoms with Crippen molar-refractivity contribution >= 4 is 16.1 Å². The summed E-state index contributed by atoms with van der Waals surface area (Å²) in [4.78, 5) is 9.50. The number of hydrogen-bond acceptors (Lipinski definition) is 3. The van der Waals surface area contributed by atoms with E-state index in [0.29, 0.717) is 53.2 Å². The number of carbonyl (C=O) groups excluding carboxylic acids is 1. The van der Waals surface area contributed by atoms with Gasteiger partial charge < -0.3 is 15.2 Å². The molecule has 0 radical (unpaired) electrons.